The highest BCUT2D eigenvalue weighted by Crippen LogP contribution is 2.50. The quantitative estimate of drug-likeness (QED) is 0.668. The lowest BCUT2D eigenvalue weighted by Crippen LogP contribution is -2.40. The van der Waals surface area contributed by atoms with Crippen LogP contribution in [0, 0.1) is 0 Å². The summed E-state index contributed by atoms with van der Waals surface area (Å²) in [7, 11) is 1.82. The summed E-state index contributed by atoms with van der Waals surface area (Å²) in [5.74, 6) is 0.0390. The van der Waals surface area contributed by atoms with Gasteiger partial charge in [-0.15, -0.1) is 0 Å². The highest BCUT2D eigenvalue weighted by Gasteiger charge is 2.52. The maximum Gasteiger partial charge on any atom is 0.246 e. The summed E-state index contributed by atoms with van der Waals surface area (Å²) < 4.78 is 0. The minimum atomic E-state index is -0.864. The van der Waals surface area contributed by atoms with Gasteiger partial charge in [-0.2, -0.15) is 0 Å². The lowest BCUT2D eigenvalue weighted by Gasteiger charge is -2.29. The SMILES string of the molecule is CN1C(=O)C(c2ccccc2)(c2ccccc2)c2cc(Cl)ccc21. The van der Waals surface area contributed by atoms with Crippen LogP contribution in [0.3, 0.4) is 0 Å². The molecule has 0 fully saturated rings. The zero-order chi connectivity index (χ0) is 16.7. The summed E-state index contributed by atoms with van der Waals surface area (Å²) >= 11 is 6.29. The van der Waals surface area contributed by atoms with Crippen LogP contribution in [0.15, 0.2) is 78.9 Å². The van der Waals surface area contributed by atoms with E-state index in [2.05, 4.69) is 0 Å². The maximum absolute atomic E-state index is 13.5. The summed E-state index contributed by atoms with van der Waals surface area (Å²) in [5.41, 5.74) is 2.87. The van der Waals surface area contributed by atoms with Crippen molar-refractivity contribution in [1.29, 1.82) is 0 Å². The Balaban J connectivity index is 2.13. The second-order valence-electron chi connectivity index (χ2n) is 6.01. The summed E-state index contributed by atoms with van der Waals surface area (Å²) in [4.78, 5) is 15.2. The Morgan fingerprint density at radius 3 is 1.92 bits per heavy atom. The van der Waals surface area contributed by atoms with Gasteiger partial charge in [0.2, 0.25) is 5.91 Å². The Hall–Kier alpha value is -2.58. The number of benzene rings is 3. The fourth-order valence-corrected chi connectivity index (χ4v) is 3.85. The number of rotatable bonds is 2. The van der Waals surface area contributed by atoms with E-state index in [1.165, 1.54) is 0 Å². The van der Waals surface area contributed by atoms with Crippen LogP contribution in [0.2, 0.25) is 5.02 Å². The average molecular weight is 334 g/mol. The first-order valence-corrected chi connectivity index (χ1v) is 8.22. The predicted molar refractivity (Wildman–Crippen MR) is 97.6 cm³/mol. The van der Waals surface area contributed by atoms with Crippen LogP contribution in [-0.2, 0) is 10.2 Å². The van der Waals surface area contributed by atoms with E-state index in [0.717, 1.165) is 22.4 Å². The van der Waals surface area contributed by atoms with Crippen molar-refractivity contribution in [2.75, 3.05) is 11.9 Å². The van der Waals surface area contributed by atoms with E-state index in [0.29, 0.717) is 5.02 Å². The van der Waals surface area contributed by atoms with E-state index in [1.807, 2.05) is 85.9 Å². The van der Waals surface area contributed by atoms with Crippen LogP contribution in [-0.4, -0.2) is 13.0 Å². The summed E-state index contributed by atoms with van der Waals surface area (Å²) in [6.07, 6.45) is 0. The lowest BCUT2D eigenvalue weighted by atomic mass is 9.70. The molecule has 1 aliphatic heterocycles. The van der Waals surface area contributed by atoms with Gasteiger partial charge in [0.05, 0.1) is 0 Å². The Bertz CT molecular complexity index is 866. The molecule has 0 radical (unpaired) electrons. The minimum absolute atomic E-state index is 0.0390. The molecule has 1 amide bonds. The number of anilines is 1. The van der Waals surface area contributed by atoms with E-state index in [9.17, 15) is 4.79 Å². The monoisotopic (exact) mass is 333 g/mol. The van der Waals surface area contributed by atoms with E-state index in [4.69, 9.17) is 11.6 Å². The first kappa shape index (κ1) is 15.0. The number of hydrogen-bond donors (Lipinski definition) is 0. The molecule has 24 heavy (non-hydrogen) atoms. The molecule has 4 rings (SSSR count). The highest BCUT2D eigenvalue weighted by atomic mass is 35.5. The number of amides is 1. The third kappa shape index (κ3) is 1.93. The predicted octanol–water partition coefficient (Wildman–Crippen LogP) is 4.65. The molecule has 1 aliphatic rings. The van der Waals surface area contributed by atoms with Crippen LogP contribution < -0.4 is 4.90 Å². The van der Waals surface area contributed by atoms with Gasteiger partial charge in [0.1, 0.15) is 5.41 Å². The third-order valence-electron chi connectivity index (χ3n) is 4.76. The van der Waals surface area contributed by atoms with Gasteiger partial charge >= 0.3 is 0 Å². The first-order valence-electron chi connectivity index (χ1n) is 7.85. The van der Waals surface area contributed by atoms with Gasteiger partial charge in [-0.25, -0.2) is 0 Å². The van der Waals surface area contributed by atoms with Crippen LogP contribution in [0.5, 0.6) is 0 Å². The van der Waals surface area contributed by atoms with Gasteiger partial charge in [-0.05, 0) is 29.3 Å². The number of likely N-dealkylation sites (N-methyl/N-ethyl adjacent to an activating group) is 1. The fourth-order valence-electron chi connectivity index (χ4n) is 3.68. The highest BCUT2D eigenvalue weighted by molar-refractivity contribution is 6.31. The summed E-state index contributed by atoms with van der Waals surface area (Å²) in [5, 5.41) is 0.632. The molecule has 2 nitrogen and oxygen atoms in total. The minimum Gasteiger partial charge on any atom is -0.314 e. The molecule has 0 atom stereocenters. The smallest absolute Gasteiger partial charge is 0.246 e. The van der Waals surface area contributed by atoms with Gasteiger partial charge in [0.25, 0.3) is 0 Å². The Labute approximate surface area is 146 Å². The lowest BCUT2D eigenvalue weighted by molar-refractivity contribution is -0.120. The number of carbonyl (C=O) groups excluding carboxylic acids is 1. The van der Waals surface area contributed by atoms with Crippen LogP contribution >= 0.6 is 11.6 Å². The normalized spacial score (nSPS) is 15.4. The van der Waals surface area contributed by atoms with E-state index in [-0.39, 0.29) is 5.91 Å². The molecular weight excluding hydrogens is 318 g/mol. The van der Waals surface area contributed by atoms with Gasteiger partial charge in [0, 0.05) is 23.3 Å². The van der Waals surface area contributed by atoms with Crippen molar-refractivity contribution in [1.82, 2.24) is 0 Å². The van der Waals surface area contributed by atoms with Crippen LogP contribution in [0.1, 0.15) is 16.7 Å². The molecule has 0 unspecified atom stereocenters. The topological polar surface area (TPSA) is 20.3 Å². The zero-order valence-corrected chi connectivity index (χ0v) is 14.0. The summed E-state index contributed by atoms with van der Waals surface area (Å²) in [6.45, 7) is 0. The third-order valence-corrected chi connectivity index (χ3v) is 5.00. The Morgan fingerprint density at radius 2 is 1.38 bits per heavy atom. The number of nitrogens with zero attached hydrogens (tertiary/aromatic N) is 1. The van der Waals surface area contributed by atoms with Gasteiger partial charge in [-0.3, -0.25) is 4.79 Å². The molecule has 0 spiro atoms. The number of carbonyl (C=O) groups is 1. The standard InChI is InChI=1S/C21H16ClNO/c1-23-19-13-12-17(22)14-18(19)21(20(23)24,15-8-4-2-5-9-15)16-10-6-3-7-11-16/h2-14H,1H3. The molecule has 118 valence electrons. The average Bonchev–Trinajstić information content (AvgIpc) is 2.85. The second-order valence-corrected chi connectivity index (χ2v) is 6.44. The van der Waals surface area contributed by atoms with Crippen molar-refractivity contribution < 1.29 is 4.79 Å². The second kappa shape index (κ2) is 5.50. The van der Waals surface area contributed by atoms with Crippen molar-refractivity contribution in [2.45, 2.75) is 5.41 Å². The number of fused-ring (bicyclic) bond motifs is 1. The largest absolute Gasteiger partial charge is 0.314 e. The van der Waals surface area contributed by atoms with Crippen LogP contribution in [0.4, 0.5) is 5.69 Å². The number of halogens is 1. The molecule has 3 heteroatoms. The molecule has 3 aromatic rings. The molecular formula is C21H16ClNO. The molecule has 1 heterocycles. The zero-order valence-electron chi connectivity index (χ0n) is 13.2. The molecule has 0 aromatic heterocycles. The van der Waals surface area contributed by atoms with Crippen molar-refractivity contribution >= 4 is 23.2 Å². The van der Waals surface area contributed by atoms with Crippen molar-refractivity contribution in [3.05, 3.63) is 101 Å². The van der Waals surface area contributed by atoms with Crippen molar-refractivity contribution in [3.63, 3.8) is 0 Å². The molecule has 0 aliphatic carbocycles. The van der Waals surface area contributed by atoms with E-state index < -0.39 is 5.41 Å². The summed E-state index contributed by atoms with van der Waals surface area (Å²) in [6, 6.07) is 25.5. The van der Waals surface area contributed by atoms with E-state index >= 15 is 0 Å². The van der Waals surface area contributed by atoms with Crippen molar-refractivity contribution in [3.8, 4) is 0 Å². The van der Waals surface area contributed by atoms with E-state index in [1.54, 1.807) is 4.90 Å². The van der Waals surface area contributed by atoms with Gasteiger partial charge in [0.15, 0.2) is 0 Å². The Kier molecular flexibility index (Phi) is 3.43. The van der Waals surface area contributed by atoms with Gasteiger partial charge < -0.3 is 4.90 Å². The molecule has 0 saturated carbocycles. The maximum atomic E-state index is 13.5. The van der Waals surface area contributed by atoms with Gasteiger partial charge in [-0.1, -0.05) is 72.3 Å². The molecule has 3 aromatic carbocycles. The molecule has 0 N–H and O–H groups in total. The number of hydrogen-bond acceptors (Lipinski definition) is 1. The molecule has 0 bridgehead atoms. The molecule has 0 saturated heterocycles. The Morgan fingerprint density at radius 1 is 0.833 bits per heavy atom. The van der Waals surface area contributed by atoms with Crippen LogP contribution in [0.25, 0.3) is 0 Å². The first-order chi connectivity index (χ1) is 11.7. The fraction of sp³-hybridized carbons (Fsp3) is 0.0952. The van der Waals surface area contributed by atoms with Crippen molar-refractivity contribution in [2.24, 2.45) is 0 Å².